The molecule has 0 rings (SSSR count). The number of ether oxygens (including phenoxy) is 1. The molecule has 0 aliphatic heterocycles. The van der Waals surface area contributed by atoms with Crippen LogP contribution in [-0.2, 0) is 9.53 Å². The van der Waals surface area contributed by atoms with Crippen molar-refractivity contribution < 1.29 is 14.6 Å². The fourth-order valence-corrected chi connectivity index (χ4v) is 0.378. The molecular formula is C7H15NO3. The van der Waals surface area contributed by atoms with Crippen molar-refractivity contribution in [2.45, 2.75) is 32.4 Å². The van der Waals surface area contributed by atoms with Crippen LogP contribution in [0.25, 0.3) is 0 Å². The number of carbonyl (C=O) groups is 1. The zero-order valence-corrected chi connectivity index (χ0v) is 7.13. The fourth-order valence-electron chi connectivity index (χ4n) is 0.378. The van der Waals surface area contributed by atoms with E-state index in [1.54, 1.807) is 13.8 Å². The first kappa shape index (κ1) is 10.4. The molecule has 0 amide bonds. The minimum atomic E-state index is -0.855. The molecule has 2 atom stereocenters. The lowest BCUT2D eigenvalue weighted by Crippen LogP contribution is -2.50. The zero-order valence-electron chi connectivity index (χ0n) is 7.13. The van der Waals surface area contributed by atoms with Crippen LogP contribution in [0.3, 0.4) is 0 Å². The molecule has 0 bridgehead atoms. The van der Waals surface area contributed by atoms with Gasteiger partial charge in [-0.25, -0.2) is 0 Å². The van der Waals surface area contributed by atoms with E-state index in [9.17, 15) is 4.79 Å². The standard InChI is InChI=1S/C7H15NO3/c1-5(9)7(3,8)4-11-6(2)10/h5,9H,4,8H2,1-3H3/t5-,7-/m1/s1. The molecule has 0 spiro atoms. The number of hydrogen-bond acceptors (Lipinski definition) is 4. The summed E-state index contributed by atoms with van der Waals surface area (Å²) in [7, 11) is 0. The smallest absolute Gasteiger partial charge is 0.302 e. The largest absolute Gasteiger partial charge is 0.464 e. The molecule has 66 valence electrons. The van der Waals surface area contributed by atoms with Crippen LogP contribution >= 0.6 is 0 Å². The van der Waals surface area contributed by atoms with Crippen LogP contribution in [0.2, 0.25) is 0 Å². The molecular weight excluding hydrogens is 146 g/mol. The van der Waals surface area contributed by atoms with Gasteiger partial charge in [-0.1, -0.05) is 0 Å². The molecule has 11 heavy (non-hydrogen) atoms. The lowest BCUT2D eigenvalue weighted by atomic mass is 9.99. The van der Waals surface area contributed by atoms with E-state index >= 15 is 0 Å². The summed E-state index contributed by atoms with van der Waals surface area (Å²) in [4.78, 5) is 10.4. The molecule has 0 radical (unpaired) electrons. The Labute approximate surface area is 66.3 Å². The Morgan fingerprint density at radius 1 is 1.82 bits per heavy atom. The summed E-state index contributed by atoms with van der Waals surface area (Å²) in [5.74, 6) is -0.387. The third-order valence-corrected chi connectivity index (χ3v) is 1.54. The number of hydrogen-bond donors (Lipinski definition) is 2. The van der Waals surface area contributed by atoms with Gasteiger partial charge in [0.25, 0.3) is 0 Å². The van der Waals surface area contributed by atoms with E-state index in [0.29, 0.717) is 0 Å². The van der Waals surface area contributed by atoms with Gasteiger partial charge in [0.2, 0.25) is 0 Å². The van der Waals surface area contributed by atoms with E-state index in [4.69, 9.17) is 10.8 Å². The third kappa shape index (κ3) is 3.95. The van der Waals surface area contributed by atoms with Crippen molar-refractivity contribution in [2.24, 2.45) is 5.73 Å². The van der Waals surface area contributed by atoms with E-state index in [1.165, 1.54) is 6.92 Å². The molecule has 4 nitrogen and oxygen atoms in total. The summed E-state index contributed by atoms with van der Waals surface area (Å²) in [6.45, 7) is 4.53. The van der Waals surface area contributed by atoms with Gasteiger partial charge in [-0.3, -0.25) is 4.79 Å². The molecule has 0 aromatic heterocycles. The summed E-state index contributed by atoms with van der Waals surface area (Å²) in [5, 5.41) is 9.08. The maximum Gasteiger partial charge on any atom is 0.302 e. The number of nitrogens with two attached hydrogens (primary N) is 1. The third-order valence-electron chi connectivity index (χ3n) is 1.54. The van der Waals surface area contributed by atoms with Crippen molar-refractivity contribution in [3.8, 4) is 0 Å². The summed E-state index contributed by atoms with van der Waals surface area (Å²) in [5.41, 5.74) is 4.73. The maximum absolute atomic E-state index is 10.4. The Bertz CT molecular complexity index is 143. The van der Waals surface area contributed by atoms with E-state index in [0.717, 1.165) is 0 Å². The lowest BCUT2D eigenvalue weighted by molar-refractivity contribution is -0.143. The van der Waals surface area contributed by atoms with E-state index < -0.39 is 11.6 Å². The van der Waals surface area contributed by atoms with Crippen LogP contribution in [-0.4, -0.2) is 29.3 Å². The second kappa shape index (κ2) is 3.69. The van der Waals surface area contributed by atoms with Gasteiger partial charge in [0.15, 0.2) is 0 Å². The highest BCUT2D eigenvalue weighted by Crippen LogP contribution is 2.05. The van der Waals surface area contributed by atoms with Gasteiger partial charge in [-0.05, 0) is 13.8 Å². The number of aliphatic hydroxyl groups excluding tert-OH is 1. The summed E-state index contributed by atoms with van der Waals surface area (Å²) >= 11 is 0. The zero-order chi connectivity index (χ0) is 9.07. The van der Waals surface area contributed by atoms with Crippen LogP contribution in [0.5, 0.6) is 0 Å². The van der Waals surface area contributed by atoms with E-state index in [2.05, 4.69) is 4.74 Å². The van der Waals surface area contributed by atoms with Crippen LogP contribution in [0, 0.1) is 0 Å². The van der Waals surface area contributed by atoms with Crippen molar-refractivity contribution in [2.75, 3.05) is 6.61 Å². The van der Waals surface area contributed by atoms with Gasteiger partial charge in [0.1, 0.15) is 6.61 Å². The Morgan fingerprint density at radius 2 is 2.27 bits per heavy atom. The Morgan fingerprint density at radius 3 is 2.55 bits per heavy atom. The highest BCUT2D eigenvalue weighted by Gasteiger charge is 2.25. The molecule has 4 heteroatoms. The average molecular weight is 161 g/mol. The highest BCUT2D eigenvalue weighted by atomic mass is 16.5. The van der Waals surface area contributed by atoms with Crippen molar-refractivity contribution in [3.05, 3.63) is 0 Å². The molecule has 3 N–H and O–H groups in total. The molecule has 0 unspecified atom stereocenters. The minimum Gasteiger partial charge on any atom is -0.464 e. The Balaban J connectivity index is 3.82. The van der Waals surface area contributed by atoms with Gasteiger partial charge in [0.05, 0.1) is 11.6 Å². The summed E-state index contributed by atoms with van der Waals surface area (Å²) in [6, 6.07) is 0. The predicted molar refractivity (Wildman–Crippen MR) is 40.9 cm³/mol. The summed E-state index contributed by atoms with van der Waals surface area (Å²) in [6.07, 6.45) is -0.693. The minimum absolute atomic E-state index is 0.0417. The quantitative estimate of drug-likeness (QED) is 0.555. The second-order valence-corrected chi connectivity index (χ2v) is 2.96. The highest BCUT2D eigenvalue weighted by molar-refractivity contribution is 5.65. The SMILES string of the molecule is CC(=O)OC[C@@](C)(N)[C@@H](C)O. The Hall–Kier alpha value is -0.610. The maximum atomic E-state index is 10.4. The number of rotatable bonds is 3. The lowest BCUT2D eigenvalue weighted by Gasteiger charge is -2.26. The van der Waals surface area contributed by atoms with Crippen LogP contribution in [0.1, 0.15) is 20.8 Å². The molecule has 0 aliphatic carbocycles. The number of esters is 1. The van der Waals surface area contributed by atoms with Gasteiger partial charge in [-0.15, -0.1) is 0 Å². The Kier molecular flexibility index (Phi) is 3.48. The summed E-state index contributed by atoms with van der Waals surface area (Å²) < 4.78 is 4.64. The molecule has 0 saturated heterocycles. The van der Waals surface area contributed by atoms with Crippen molar-refractivity contribution >= 4 is 5.97 Å². The van der Waals surface area contributed by atoms with Crippen molar-refractivity contribution in [1.82, 2.24) is 0 Å². The fraction of sp³-hybridized carbons (Fsp3) is 0.857. The molecule has 0 aromatic carbocycles. The van der Waals surface area contributed by atoms with E-state index in [1.807, 2.05) is 0 Å². The van der Waals surface area contributed by atoms with Crippen molar-refractivity contribution in [1.29, 1.82) is 0 Å². The molecule has 0 heterocycles. The van der Waals surface area contributed by atoms with Crippen LogP contribution in [0.15, 0.2) is 0 Å². The van der Waals surface area contributed by atoms with Crippen molar-refractivity contribution in [3.63, 3.8) is 0 Å². The molecule has 0 aliphatic rings. The first-order chi connectivity index (χ1) is 4.86. The molecule has 0 aromatic rings. The van der Waals surface area contributed by atoms with Gasteiger partial charge < -0.3 is 15.6 Å². The monoisotopic (exact) mass is 161 g/mol. The predicted octanol–water partition coefficient (Wildman–Crippen LogP) is -0.352. The van der Waals surface area contributed by atoms with Crippen LogP contribution in [0.4, 0.5) is 0 Å². The van der Waals surface area contributed by atoms with E-state index in [-0.39, 0.29) is 12.6 Å². The van der Waals surface area contributed by atoms with Crippen LogP contribution < -0.4 is 5.73 Å². The molecule has 0 fully saturated rings. The number of carbonyl (C=O) groups excluding carboxylic acids is 1. The van der Waals surface area contributed by atoms with Gasteiger partial charge in [-0.2, -0.15) is 0 Å². The first-order valence-corrected chi connectivity index (χ1v) is 3.46. The van der Waals surface area contributed by atoms with Gasteiger partial charge >= 0.3 is 5.97 Å². The number of aliphatic hydroxyl groups is 1. The molecule has 0 saturated carbocycles. The normalized spacial score (nSPS) is 18.6. The first-order valence-electron chi connectivity index (χ1n) is 3.46. The average Bonchev–Trinajstić information content (AvgIpc) is 1.84. The second-order valence-electron chi connectivity index (χ2n) is 2.96. The topological polar surface area (TPSA) is 72.5 Å². The van der Waals surface area contributed by atoms with Gasteiger partial charge in [0, 0.05) is 6.92 Å².